The van der Waals surface area contributed by atoms with Gasteiger partial charge in [-0.3, -0.25) is 0 Å². The van der Waals surface area contributed by atoms with Gasteiger partial charge in [0, 0.05) is 0 Å². The summed E-state index contributed by atoms with van der Waals surface area (Å²) >= 11 is 0. The lowest BCUT2D eigenvalue weighted by molar-refractivity contribution is -1.05. The molecule has 0 aromatic carbocycles. The van der Waals surface area contributed by atoms with Gasteiger partial charge in [-0.05, 0) is 92.3 Å². The molecule has 0 radical (unpaired) electrons. The van der Waals surface area contributed by atoms with Gasteiger partial charge in [-0.15, -0.1) is 0 Å². The van der Waals surface area contributed by atoms with Crippen molar-refractivity contribution in [3.63, 3.8) is 0 Å². The number of aliphatic hydroxyl groups is 1. The lowest BCUT2D eigenvalue weighted by atomic mass is 9.44. The summed E-state index contributed by atoms with van der Waals surface area (Å²) in [6.45, 7) is 6.87. The summed E-state index contributed by atoms with van der Waals surface area (Å²) in [6, 6.07) is 0. The monoisotopic (exact) mass is 334 g/mol. The van der Waals surface area contributed by atoms with Gasteiger partial charge in [-0.1, -0.05) is 13.8 Å². The van der Waals surface area contributed by atoms with E-state index in [0.717, 1.165) is 48.7 Å². The third-order valence-electron chi connectivity index (χ3n) is 9.26. The second-order valence-corrected chi connectivity index (χ2v) is 9.95. The number of hydrogen-bond acceptors (Lipinski definition) is 2. The largest absolute Gasteiger partial charge is 0.463 e. The fourth-order valence-electron chi connectivity index (χ4n) is 7.96. The first-order valence-electron chi connectivity index (χ1n) is 10.2. The van der Waals surface area contributed by atoms with E-state index in [4.69, 9.17) is 0 Å². The molecule has 4 saturated carbocycles. The molecule has 0 aliphatic heterocycles. The molecule has 0 aromatic heterocycles. The second-order valence-electron chi connectivity index (χ2n) is 9.95. The minimum Gasteiger partial charge on any atom is -0.463 e. The van der Waals surface area contributed by atoms with E-state index in [2.05, 4.69) is 18.4 Å². The van der Waals surface area contributed by atoms with Gasteiger partial charge in [0.25, 0.3) is 0 Å². The topological polar surface area (TPSA) is 54.6 Å². The van der Waals surface area contributed by atoms with Crippen molar-refractivity contribution in [2.45, 2.75) is 84.7 Å². The number of carbonyl (C=O) groups excluding carboxylic acids is 1. The summed E-state index contributed by atoms with van der Waals surface area (Å²) in [6.07, 6.45) is 10.8. The highest BCUT2D eigenvalue weighted by atomic mass is 17.1. The Balaban J connectivity index is 1.61. The van der Waals surface area contributed by atoms with Gasteiger partial charge in [0.05, 0.1) is 18.9 Å². The van der Waals surface area contributed by atoms with Crippen LogP contribution in [0.4, 0.5) is 0 Å². The standard InChI is InChI=1S/C21H34O3/c1-13(24-23)17-6-7-18-16-5-4-14-12-15(22)8-10-20(14,2)19(16)9-11-21(17,18)3/h14-19,22H,4-12H2,1-3H3/t14-,15-,16-,17+,18-,19-,20-,21+/m0/s1. The molecular formula is C21H34O3. The van der Waals surface area contributed by atoms with E-state index in [0.29, 0.717) is 11.3 Å². The van der Waals surface area contributed by atoms with Crippen molar-refractivity contribution in [1.82, 2.24) is 0 Å². The van der Waals surface area contributed by atoms with E-state index < -0.39 is 0 Å². The summed E-state index contributed by atoms with van der Waals surface area (Å²) in [4.78, 5) is 0. The highest BCUT2D eigenvalue weighted by molar-refractivity contribution is 5.79. The van der Waals surface area contributed by atoms with Crippen LogP contribution in [0.15, 0.2) is 0 Å². The lowest BCUT2D eigenvalue weighted by Crippen LogP contribution is -2.54. The van der Waals surface area contributed by atoms with E-state index in [1.54, 1.807) is 0 Å². The smallest absolute Gasteiger partial charge is 0.329 e. The minimum absolute atomic E-state index is 0.0594. The molecule has 0 bridgehead atoms. The highest BCUT2D eigenvalue weighted by Gasteiger charge is 2.61. The SMILES string of the molecule is CC(=[O+][O-])[C@H]1CC[C@H]2[C@@H]3CC[C@H]4C[C@@H](O)CC[C@]4(C)[C@H]3CC[C@]12C. The average Bonchev–Trinajstić information content (AvgIpc) is 2.92. The van der Waals surface area contributed by atoms with Crippen molar-refractivity contribution in [2.75, 3.05) is 0 Å². The Bertz CT molecular complexity index is 529. The molecule has 8 atom stereocenters. The summed E-state index contributed by atoms with van der Waals surface area (Å²) in [5.74, 6) is 4.22. The molecule has 4 rings (SSSR count). The number of hydrogen-bond donors (Lipinski definition) is 1. The Hall–Kier alpha value is -0.570. The zero-order valence-electron chi connectivity index (χ0n) is 15.6. The zero-order chi connectivity index (χ0) is 17.1. The number of fused-ring (bicyclic) bond motifs is 5. The van der Waals surface area contributed by atoms with E-state index in [9.17, 15) is 10.4 Å². The van der Waals surface area contributed by atoms with Crippen LogP contribution >= 0.6 is 0 Å². The Morgan fingerprint density at radius 3 is 2.42 bits per heavy atom. The molecule has 3 heteroatoms. The number of aliphatic hydroxyl groups excluding tert-OH is 1. The maximum atomic E-state index is 11.0. The molecule has 4 fully saturated rings. The number of rotatable bonds is 1. The number of ketones is 1. The van der Waals surface area contributed by atoms with E-state index in [1.165, 1.54) is 38.5 Å². The average molecular weight is 335 g/mol. The van der Waals surface area contributed by atoms with Crippen molar-refractivity contribution in [1.29, 1.82) is 0 Å². The van der Waals surface area contributed by atoms with E-state index in [1.807, 2.05) is 6.92 Å². The first-order chi connectivity index (χ1) is 11.4. The molecule has 1 N–H and O–H groups in total. The summed E-state index contributed by atoms with van der Waals surface area (Å²) in [7, 11) is 0. The van der Waals surface area contributed by atoms with Gasteiger partial charge in [0.1, 0.15) is 0 Å². The van der Waals surface area contributed by atoms with Crippen molar-refractivity contribution in [3.8, 4) is 0 Å². The van der Waals surface area contributed by atoms with Crippen molar-refractivity contribution in [2.24, 2.45) is 40.4 Å². The molecule has 0 spiro atoms. The maximum Gasteiger partial charge on any atom is 0.329 e. The van der Waals surface area contributed by atoms with Crippen molar-refractivity contribution >= 4 is 5.78 Å². The fourth-order valence-corrected chi connectivity index (χ4v) is 7.96. The summed E-state index contributed by atoms with van der Waals surface area (Å²) < 4.78 is 4.44. The first kappa shape index (κ1) is 16.9. The van der Waals surface area contributed by atoms with Gasteiger partial charge < -0.3 is 10.4 Å². The Labute approximate surface area is 146 Å². The predicted octanol–water partition coefficient (Wildman–Crippen LogP) is 3.41. The zero-order valence-corrected chi connectivity index (χ0v) is 15.6. The van der Waals surface area contributed by atoms with Gasteiger partial charge >= 0.3 is 5.78 Å². The highest BCUT2D eigenvalue weighted by Crippen LogP contribution is 2.67. The van der Waals surface area contributed by atoms with Crippen LogP contribution in [0.3, 0.4) is 0 Å². The second kappa shape index (κ2) is 5.72. The van der Waals surface area contributed by atoms with Crippen LogP contribution in [0.1, 0.15) is 78.6 Å². The predicted molar refractivity (Wildman–Crippen MR) is 91.9 cm³/mol. The van der Waals surface area contributed by atoms with Crippen LogP contribution in [0, 0.1) is 40.4 Å². The molecule has 4 aliphatic carbocycles. The quantitative estimate of drug-likeness (QED) is 0.454. The molecule has 0 saturated heterocycles. The van der Waals surface area contributed by atoms with Crippen molar-refractivity contribution < 1.29 is 14.9 Å². The van der Waals surface area contributed by atoms with Crippen LogP contribution < -0.4 is 5.26 Å². The molecule has 136 valence electrons. The molecule has 24 heavy (non-hydrogen) atoms. The maximum absolute atomic E-state index is 11.0. The third-order valence-corrected chi connectivity index (χ3v) is 9.26. The normalized spacial score (nSPS) is 54.8. The van der Waals surface area contributed by atoms with E-state index >= 15 is 0 Å². The molecule has 3 nitrogen and oxygen atoms in total. The Kier molecular flexibility index (Phi) is 4.02. The molecule has 4 aliphatic rings. The summed E-state index contributed by atoms with van der Waals surface area (Å²) in [5, 5.41) is 21.2. The Morgan fingerprint density at radius 1 is 0.958 bits per heavy atom. The fraction of sp³-hybridized carbons (Fsp3) is 0.952. The molecule has 0 amide bonds. The van der Waals surface area contributed by atoms with Gasteiger partial charge in [-0.25, -0.2) is 0 Å². The molecule has 0 unspecified atom stereocenters. The molecule has 0 heterocycles. The summed E-state index contributed by atoms with van der Waals surface area (Å²) in [5.41, 5.74) is 0.711. The van der Waals surface area contributed by atoms with Crippen molar-refractivity contribution in [3.05, 3.63) is 0 Å². The lowest BCUT2D eigenvalue weighted by Gasteiger charge is -2.60. The van der Waals surface area contributed by atoms with Gasteiger partial charge in [0.2, 0.25) is 0 Å². The van der Waals surface area contributed by atoms with Gasteiger partial charge in [0.15, 0.2) is 0 Å². The minimum atomic E-state index is -0.0594. The first-order valence-corrected chi connectivity index (χ1v) is 10.2. The Morgan fingerprint density at radius 2 is 1.67 bits per heavy atom. The molecule has 0 aromatic rings. The van der Waals surface area contributed by atoms with E-state index in [-0.39, 0.29) is 11.5 Å². The van der Waals surface area contributed by atoms with Crippen LogP contribution in [0.5, 0.6) is 0 Å². The van der Waals surface area contributed by atoms with Crippen LogP contribution in [0.25, 0.3) is 0 Å². The van der Waals surface area contributed by atoms with Crippen LogP contribution in [-0.4, -0.2) is 17.0 Å². The molecular weight excluding hydrogens is 300 g/mol. The van der Waals surface area contributed by atoms with Gasteiger partial charge in [-0.2, -0.15) is 4.58 Å². The third kappa shape index (κ3) is 2.22. The van der Waals surface area contributed by atoms with Crippen LogP contribution in [-0.2, 0) is 4.58 Å². The van der Waals surface area contributed by atoms with Crippen LogP contribution in [0.2, 0.25) is 0 Å².